The van der Waals surface area contributed by atoms with E-state index in [0.29, 0.717) is 29.0 Å². The Hall–Kier alpha value is -1.71. The Labute approximate surface area is 126 Å². The Kier molecular flexibility index (Phi) is 4.04. The lowest BCUT2D eigenvalue weighted by Crippen LogP contribution is -2.49. The molecule has 1 saturated carbocycles. The van der Waals surface area contributed by atoms with Gasteiger partial charge >= 0.3 is 0 Å². The molecule has 1 aliphatic carbocycles. The lowest BCUT2D eigenvalue weighted by atomic mass is 9.78. The lowest BCUT2D eigenvalue weighted by molar-refractivity contribution is 0.0388. The summed E-state index contributed by atoms with van der Waals surface area (Å²) in [6, 6.07) is 5.83. The highest BCUT2D eigenvalue weighted by Gasteiger charge is 2.36. The van der Waals surface area contributed by atoms with E-state index in [1.807, 2.05) is 12.1 Å². The first-order valence-corrected chi connectivity index (χ1v) is 7.96. The quantitative estimate of drug-likeness (QED) is 0.851. The Morgan fingerprint density at radius 2 is 2.00 bits per heavy atom. The smallest absolute Gasteiger partial charge is 0.257 e. The number of nitrogen functional groups attached to an aromatic ring is 1. The van der Waals surface area contributed by atoms with Crippen molar-refractivity contribution in [3.05, 3.63) is 23.8 Å². The number of carbonyl (C=O) groups excluding carboxylic acids is 1. The molecule has 1 saturated heterocycles. The maximum absolute atomic E-state index is 13.0. The topological polar surface area (TPSA) is 55.6 Å². The van der Waals surface area contributed by atoms with Gasteiger partial charge in [0.1, 0.15) is 0 Å². The standard InChI is InChI=1S/C17H24N2O2/c1-21-16-13(8-4-9-14(16)18)17(20)19-11-5-7-12-6-2-3-10-15(12)19/h4,8-9,12,15H,2-3,5-7,10-11,18H2,1H3. The van der Waals surface area contributed by atoms with Crippen LogP contribution in [0.1, 0.15) is 48.9 Å². The highest BCUT2D eigenvalue weighted by atomic mass is 16.5. The minimum absolute atomic E-state index is 0.0794. The van der Waals surface area contributed by atoms with Gasteiger partial charge in [-0.15, -0.1) is 0 Å². The maximum atomic E-state index is 13.0. The average Bonchev–Trinajstić information content (AvgIpc) is 2.53. The zero-order valence-corrected chi connectivity index (χ0v) is 12.7. The first-order valence-electron chi connectivity index (χ1n) is 7.96. The molecule has 2 unspecified atom stereocenters. The summed E-state index contributed by atoms with van der Waals surface area (Å²) in [4.78, 5) is 15.1. The summed E-state index contributed by atoms with van der Waals surface area (Å²) in [5, 5.41) is 0. The van der Waals surface area contributed by atoms with Crippen molar-refractivity contribution in [2.45, 2.75) is 44.6 Å². The fraction of sp³-hybridized carbons (Fsp3) is 0.588. The molecule has 1 aromatic rings. The van der Waals surface area contributed by atoms with Gasteiger partial charge in [0.25, 0.3) is 5.91 Å². The Morgan fingerprint density at radius 3 is 2.81 bits per heavy atom. The van der Waals surface area contributed by atoms with Gasteiger partial charge in [0, 0.05) is 12.6 Å². The largest absolute Gasteiger partial charge is 0.494 e. The molecule has 0 aromatic heterocycles. The molecule has 0 bridgehead atoms. The second kappa shape index (κ2) is 5.96. The van der Waals surface area contributed by atoms with Gasteiger partial charge in [0.05, 0.1) is 18.4 Å². The number of fused-ring (bicyclic) bond motifs is 1. The van der Waals surface area contributed by atoms with E-state index < -0.39 is 0 Å². The molecule has 1 aromatic carbocycles. The molecule has 2 N–H and O–H groups in total. The number of amides is 1. The lowest BCUT2D eigenvalue weighted by Gasteiger charge is -2.44. The maximum Gasteiger partial charge on any atom is 0.257 e. The van der Waals surface area contributed by atoms with Crippen LogP contribution in [0.25, 0.3) is 0 Å². The number of carbonyl (C=O) groups is 1. The van der Waals surface area contributed by atoms with Gasteiger partial charge < -0.3 is 15.4 Å². The first kappa shape index (κ1) is 14.2. The average molecular weight is 288 g/mol. The number of nitrogens with two attached hydrogens (primary N) is 1. The van der Waals surface area contributed by atoms with E-state index in [-0.39, 0.29) is 5.91 Å². The predicted octanol–water partition coefficient (Wildman–Crippen LogP) is 3.07. The van der Waals surface area contributed by atoms with Gasteiger partial charge in [-0.3, -0.25) is 4.79 Å². The molecule has 2 fully saturated rings. The summed E-state index contributed by atoms with van der Waals surface area (Å²) in [6.07, 6.45) is 7.33. The van der Waals surface area contributed by atoms with Crippen LogP contribution >= 0.6 is 0 Å². The van der Waals surface area contributed by atoms with E-state index in [1.54, 1.807) is 13.2 Å². The zero-order valence-electron chi connectivity index (χ0n) is 12.7. The van der Waals surface area contributed by atoms with Gasteiger partial charge in [-0.05, 0) is 43.7 Å². The highest BCUT2D eigenvalue weighted by Crippen LogP contribution is 2.37. The number of likely N-dealkylation sites (tertiary alicyclic amines) is 1. The van der Waals surface area contributed by atoms with E-state index in [2.05, 4.69) is 4.90 Å². The second-order valence-corrected chi connectivity index (χ2v) is 6.18. The van der Waals surface area contributed by atoms with Gasteiger partial charge in [0.15, 0.2) is 5.75 Å². The van der Waals surface area contributed by atoms with Gasteiger partial charge in [0.2, 0.25) is 0 Å². The van der Waals surface area contributed by atoms with Crippen molar-refractivity contribution < 1.29 is 9.53 Å². The predicted molar refractivity (Wildman–Crippen MR) is 83.4 cm³/mol. The van der Waals surface area contributed by atoms with Crippen LogP contribution in [0.15, 0.2) is 18.2 Å². The summed E-state index contributed by atoms with van der Waals surface area (Å²) in [5.41, 5.74) is 7.06. The van der Waals surface area contributed by atoms with Crippen LogP contribution in [0.3, 0.4) is 0 Å². The molecule has 3 rings (SSSR count). The van der Waals surface area contributed by atoms with Crippen LogP contribution in [0, 0.1) is 5.92 Å². The molecule has 2 atom stereocenters. The van der Waals surface area contributed by atoms with Crippen molar-refractivity contribution in [2.24, 2.45) is 5.92 Å². The Morgan fingerprint density at radius 1 is 1.24 bits per heavy atom. The van der Waals surface area contributed by atoms with E-state index in [9.17, 15) is 4.79 Å². The number of rotatable bonds is 2. The summed E-state index contributed by atoms with van der Waals surface area (Å²) in [7, 11) is 1.57. The molecule has 1 heterocycles. The van der Waals surface area contributed by atoms with Crippen LogP contribution < -0.4 is 10.5 Å². The minimum Gasteiger partial charge on any atom is -0.494 e. The van der Waals surface area contributed by atoms with Crippen molar-refractivity contribution in [1.29, 1.82) is 0 Å². The summed E-state index contributed by atoms with van der Waals surface area (Å²) in [6.45, 7) is 0.859. The third-order valence-electron chi connectivity index (χ3n) is 4.98. The van der Waals surface area contributed by atoms with Gasteiger partial charge in [-0.1, -0.05) is 18.9 Å². The summed E-state index contributed by atoms with van der Waals surface area (Å²) in [5.74, 6) is 1.28. The number of methoxy groups -OCH3 is 1. The molecular formula is C17H24N2O2. The molecule has 2 aliphatic rings. The minimum atomic E-state index is 0.0794. The SMILES string of the molecule is COc1c(N)cccc1C(=O)N1CCCC2CCCCC21. The van der Waals surface area contributed by atoms with Gasteiger partial charge in [-0.25, -0.2) is 0 Å². The fourth-order valence-electron chi connectivity index (χ4n) is 3.98. The second-order valence-electron chi connectivity index (χ2n) is 6.18. The number of para-hydroxylation sites is 1. The van der Waals surface area contributed by atoms with E-state index in [1.165, 1.54) is 25.7 Å². The van der Waals surface area contributed by atoms with Crippen LogP contribution in [-0.2, 0) is 0 Å². The van der Waals surface area contributed by atoms with Crippen LogP contribution in [0.5, 0.6) is 5.75 Å². The number of hydrogen-bond donors (Lipinski definition) is 1. The van der Waals surface area contributed by atoms with E-state index in [0.717, 1.165) is 19.4 Å². The first-order chi connectivity index (χ1) is 10.2. The van der Waals surface area contributed by atoms with Crippen molar-refractivity contribution >= 4 is 11.6 Å². The molecule has 4 heteroatoms. The number of nitrogens with zero attached hydrogens (tertiary/aromatic N) is 1. The molecule has 1 aliphatic heterocycles. The molecule has 114 valence electrons. The molecule has 21 heavy (non-hydrogen) atoms. The summed E-state index contributed by atoms with van der Waals surface area (Å²) >= 11 is 0. The monoisotopic (exact) mass is 288 g/mol. The highest BCUT2D eigenvalue weighted by molar-refractivity contribution is 5.98. The van der Waals surface area contributed by atoms with E-state index >= 15 is 0 Å². The number of piperidine rings is 1. The van der Waals surface area contributed by atoms with E-state index in [4.69, 9.17) is 10.5 Å². The molecule has 0 radical (unpaired) electrons. The Balaban J connectivity index is 1.89. The summed E-state index contributed by atoms with van der Waals surface area (Å²) < 4.78 is 5.35. The number of benzene rings is 1. The number of hydrogen-bond acceptors (Lipinski definition) is 3. The Bertz CT molecular complexity index is 528. The third kappa shape index (κ3) is 2.59. The molecular weight excluding hydrogens is 264 g/mol. The number of anilines is 1. The number of ether oxygens (including phenoxy) is 1. The van der Waals surface area contributed by atoms with Crippen LogP contribution in [-0.4, -0.2) is 30.5 Å². The van der Waals surface area contributed by atoms with Gasteiger partial charge in [-0.2, -0.15) is 0 Å². The molecule has 1 amide bonds. The van der Waals surface area contributed by atoms with Crippen molar-refractivity contribution in [3.8, 4) is 5.75 Å². The zero-order chi connectivity index (χ0) is 14.8. The normalized spacial score (nSPS) is 25.3. The fourth-order valence-corrected chi connectivity index (χ4v) is 3.98. The van der Waals surface area contributed by atoms with Crippen LogP contribution in [0.4, 0.5) is 5.69 Å². The van der Waals surface area contributed by atoms with Crippen molar-refractivity contribution in [1.82, 2.24) is 4.90 Å². The molecule has 0 spiro atoms. The molecule has 4 nitrogen and oxygen atoms in total. The van der Waals surface area contributed by atoms with Crippen LogP contribution in [0.2, 0.25) is 0 Å². The third-order valence-corrected chi connectivity index (χ3v) is 4.98. The van der Waals surface area contributed by atoms with Crippen molar-refractivity contribution in [3.63, 3.8) is 0 Å². The van der Waals surface area contributed by atoms with Crippen molar-refractivity contribution in [2.75, 3.05) is 19.4 Å².